The topological polar surface area (TPSA) is 72.8 Å². The van der Waals surface area contributed by atoms with Crippen molar-refractivity contribution >= 4 is 29.8 Å². The van der Waals surface area contributed by atoms with E-state index in [-0.39, 0.29) is 23.5 Å². The van der Waals surface area contributed by atoms with Gasteiger partial charge in [0.2, 0.25) is 0 Å². The summed E-state index contributed by atoms with van der Waals surface area (Å²) in [5.41, 5.74) is 3.59. The van der Waals surface area contributed by atoms with Crippen molar-refractivity contribution in [1.82, 2.24) is 0 Å². The molecule has 5 nitrogen and oxygen atoms in total. The van der Waals surface area contributed by atoms with Gasteiger partial charge in [-0.3, -0.25) is 4.79 Å². The summed E-state index contributed by atoms with van der Waals surface area (Å²) >= 11 is 1.91. The van der Waals surface area contributed by atoms with Gasteiger partial charge in [-0.05, 0) is 96.9 Å². The van der Waals surface area contributed by atoms with E-state index in [0.717, 1.165) is 37.7 Å². The van der Waals surface area contributed by atoms with Crippen LogP contribution in [0.5, 0.6) is 5.75 Å². The van der Waals surface area contributed by atoms with Crippen molar-refractivity contribution < 1.29 is 24.2 Å². The van der Waals surface area contributed by atoms with Crippen LogP contribution in [0.2, 0.25) is 0 Å². The zero-order valence-corrected chi connectivity index (χ0v) is 21.9. The van der Waals surface area contributed by atoms with Crippen LogP contribution in [0.25, 0.3) is 6.08 Å². The summed E-state index contributed by atoms with van der Waals surface area (Å²) in [7, 11) is 1.37. The number of hydrogen-bond donors (Lipinski definition) is 1. The standard InChI is InChI=1S/C30H34O5S/c1-18(31)35-27-12-11-25-29-24(14-15-30(25,27)2)23-10-7-21(32)16-20(23)17-26(29)36-22-8-4-19(5-9-22)6-13-28(33)34-3/h4-10,13,16,24-27,29,32H,11-12,14-15,17H2,1-3H3/t24-,25+,26?,27?,29-,30+/m1/s1. The molecule has 0 radical (unpaired) electrons. The first kappa shape index (κ1) is 24.9. The van der Waals surface area contributed by atoms with E-state index in [1.807, 2.05) is 36.0 Å². The number of esters is 2. The number of aromatic hydroxyl groups is 1. The van der Waals surface area contributed by atoms with Crippen molar-refractivity contribution in [3.8, 4) is 5.75 Å². The maximum Gasteiger partial charge on any atom is 0.330 e. The molecule has 5 rings (SSSR count). The Morgan fingerprint density at radius 3 is 2.61 bits per heavy atom. The molecule has 0 amide bonds. The van der Waals surface area contributed by atoms with E-state index in [4.69, 9.17) is 4.74 Å². The first-order valence-corrected chi connectivity index (χ1v) is 13.7. The minimum Gasteiger partial charge on any atom is -0.508 e. The molecule has 0 saturated heterocycles. The van der Waals surface area contributed by atoms with E-state index in [0.29, 0.717) is 28.8 Å². The van der Waals surface area contributed by atoms with Crippen molar-refractivity contribution in [2.45, 2.75) is 68.1 Å². The minimum absolute atomic E-state index is 0.00259. The van der Waals surface area contributed by atoms with Crippen LogP contribution in [0, 0.1) is 17.3 Å². The third-order valence-electron chi connectivity index (χ3n) is 8.71. The number of phenolic OH excluding ortho intramolecular Hbond substituents is 1. The van der Waals surface area contributed by atoms with Gasteiger partial charge in [0, 0.05) is 28.6 Å². The highest BCUT2D eigenvalue weighted by molar-refractivity contribution is 8.00. The molecule has 3 aliphatic carbocycles. The summed E-state index contributed by atoms with van der Waals surface area (Å²) in [6.45, 7) is 3.86. The highest BCUT2D eigenvalue weighted by Crippen LogP contribution is 2.63. The van der Waals surface area contributed by atoms with E-state index in [2.05, 4.69) is 29.9 Å². The average Bonchev–Trinajstić information content (AvgIpc) is 3.18. The second-order valence-electron chi connectivity index (χ2n) is 10.7. The fraction of sp³-hybridized carbons (Fsp3) is 0.467. The van der Waals surface area contributed by atoms with E-state index < -0.39 is 0 Å². The summed E-state index contributed by atoms with van der Waals surface area (Å²) in [6.07, 6.45) is 8.23. The zero-order chi connectivity index (χ0) is 25.4. The Morgan fingerprint density at radius 1 is 1.11 bits per heavy atom. The monoisotopic (exact) mass is 506 g/mol. The average molecular weight is 507 g/mol. The first-order valence-electron chi connectivity index (χ1n) is 12.8. The Morgan fingerprint density at radius 2 is 1.89 bits per heavy atom. The summed E-state index contributed by atoms with van der Waals surface area (Å²) in [5.74, 6) is 1.19. The Balaban J connectivity index is 1.44. The van der Waals surface area contributed by atoms with Gasteiger partial charge in [-0.2, -0.15) is 0 Å². The summed E-state index contributed by atoms with van der Waals surface area (Å²) in [6, 6.07) is 14.2. The van der Waals surface area contributed by atoms with Crippen molar-refractivity contribution in [3.05, 3.63) is 65.2 Å². The van der Waals surface area contributed by atoms with Gasteiger partial charge < -0.3 is 14.6 Å². The molecule has 2 aromatic rings. The normalized spacial score (nSPS) is 30.8. The lowest BCUT2D eigenvalue weighted by Crippen LogP contribution is -2.49. The summed E-state index contributed by atoms with van der Waals surface area (Å²) in [5, 5.41) is 10.6. The zero-order valence-electron chi connectivity index (χ0n) is 21.1. The second-order valence-corrected chi connectivity index (χ2v) is 12.0. The molecule has 36 heavy (non-hydrogen) atoms. The Labute approximate surface area is 217 Å². The van der Waals surface area contributed by atoms with Crippen LogP contribution in [0.3, 0.4) is 0 Å². The molecule has 190 valence electrons. The van der Waals surface area contributed by atoms with Gasteiger partial charge in [-0.1, -0.05) is 25.1 Å². The molecule has 6 heteroatoms. The first-order chi connectivity index (χ1) is 17.3. The molecule has 0 aromatic heterocycles. The number of benzene rings is 2. The Hall–Kier alpha value is -2.73. The van der Waals surface area contributed by atoms with E-state index in [1.54, 1.807) is 6.08 Å². The summed E-state index contributed by atoms with van der Waals surface area (Å²) < 4.78 is 10.5. The molecule has 2 aromatic carbocycles. The maximum atomic E-state index is 11.8. The number of fused-ring (bicyclic) bond motifs is 5. The number of methoxy groups -OCH3 is 1. The van der Waals surface area contributed by atoms with Gasteiger partial charge in [0.25, 0.3) is 0 Å². The van der Waals surface area contributed by atoms with Crippen LogP contribution in [0.4, 0.5) is 0 Å². The third kappa shape index (κ3) is 4.68. The fourth-order valence-electron chi connectivity index (χ4n) is 7.09. The predicted octanol–water partition coefficient (Wildman–Crippen LogP) is 6.14. The fourth-order valence-corrected chi connectivity index (χ4v) is 8.53. The van der Waals surface area contributed by atoms with Crippen LogP contribution in [0.15, 0.2) is 53.4 Å². The number of thioether (sulfide) groups is 1. The molecule has 1 N–H and O–H groups in total. The van der Waals surface area contributed by atoms with Crippen LogP contribution in [0.1, 0.15) is 62.1 Å². The van der Waals surface area contributed by atoms with Crippen LogP contribution in [-0.4, -0.2) is 35.5 Å². The van der Waals surface area contributed by atoms with Crippen molar-refractivity contribution in [2.24, 2.45) is 17.3 Å². The molecule has 0 bridgehead atoms. The molecule has 0 heterocycles. The number of hydrogen-bond acceptors (Lipinski definition) is 6. The summed E-state index contributed by atoms with van der Waals surface area (Å²) in [4.78, 5) is 24.5. The quantitative estimate of drug-likeness (QED) is 0.388. The second kappa shape index (κ2) is 9.97. The van der Waals surface area contributed by atoms with Crippen LogP contribution < -0.4 is 0 Å². The van der Waals surface area contributed by atoms with Gasteiger partial charge in [-0.15, -0.1) is 11.8 Å². The number of carbonyl (C=O) groups is 2. The molecule has 0 aliphatic heterocycles. The smallest absolute Gasteiger partial charge is 0.330 e. The Bertz CT molecular complexity index is 1170. The van der Waals surface area contributed by atoms with Gasteiger partial charge in [0.15, 0.2) is 0 Å². The van der Waals surface area contributed by atoms with Crippen LogP contribution >= 0.6 is 11.8 Å². The molecule has 3 aliphatic rings. The van der Waals surface area contributed by atoms with E-state index in [1.165, 1.54) is 36.1 Å². The van der Waals surface area contributed by atoms with Gasteiger partial charge in [0.1, 0.15) is 11.9 Å². The molecule has 2 fully saturated rings. The lowest BCUT2D eigenvalue weighted by molar-refractivity contribution is -0.154. The molecule has 2 saturated carbocycles. The predicted molar refractivity (Wildman–Crippen MR) is 141 cm³/mol. The molecular weight excluding hydrogens is 472 g/mol. The van der Waals surface area contributed by atoms with Gasteiger partial charge in [0.05, 0.1) is 7.11 Å². The minimum atomic E-state index is -0.368. The van der Waals surface area contributed by atoms with Gasteiger partial charge >= 0.3 is 11.9 Å². The maximum absolute atomic E-state index is 11.8. The third-order valence-corrected chi connectivity index (χ3v) is 10.0. The molecule has 2 unspecified atom stereocenters. The number of carbonyl (C=O) groups excluding carboxylic acids is 2. The SMILES string of the molecule is COC(=O)C=Cc1ccc(SC2Cc3cc(O)ccc3[C@H]3CC[C@]4(C)C(OC(C)=O)CC[C@H]4[C@H]23)cc1. The lowest BCUT2D eigenvalue weighted by atomic mass is 9.55. The van der Waals surface area contributed by atoms with Crippen molar-refractivity contribution in [3.63, 3.8) is 0 Å². The number of ether oxygens (including phenoxy) is 2. The highest BCUT2D eigenvalue weighted by atomic mass is 32.2. The van der Waals surface area contributed by atoms with E-state index in [9.17, 15) is 14.7 Å². The highest BCUT2D eigenvalue weighted by Gasteiger charge is 2.58. The largest absolute Gasteiger partial charge is 0.508 e. The molecular formula is C30H34O5S. The van der Waals surface area contributed by atoms with Gasteiger partial charge in [-0.25, -0.2) is 4.79 Å². The molecule has 6 atom stereocenters. The number of phenols is 1. The van der Waals surface area contributed by atoms with Crippen molar-refractivity contribution in [1.29, 1.82) is 0 Å². The Kier molecular flexibility index (Phi) is 6.90. The lowest BCUT2D eigenvalue weighted by Gasteiger charge is -2.53. The van der Waals surface area contributed by atoms with Crippen molar-refractivity contribution in [2.75, 3.05) is 7.11 Å². The number of rotatable bonds is 5. The molecule has 0 spiro atoms. The van der Waals surface area contributed by atoms with Crippen LogP contribution in [-0.2, 0) is 25.5 Å². The van der Waals surface area contributed by atoms with E-state index >= 15 is 0 Å².